The van der Waals surface area contributed by atoms with Crippen LogP contribution in [0.1, 0.15) is 24.5 Å². The van der Waals surface area contributed by atoms with E-state index in [1.54, 1.807) is 7.11 Å². The summed E-state index contributed by atoms with van der Waals surface area (Å²) in [7, 11) is 1.72. The first-order chi connectivity index (χ1) is 9.72. The van der Waals surface area contributed by atoms with Crippen LogP contribution in [0.5, 0.6) is 5.75 Å². The minimum Gasteiger partial charge on any atom is -0.495 e. The van der Waals surface area contributed by atoms with Crippen LogP contribution < -0.4 is 10.1 Å². The van der Waals surface area contributed by atoms with Gasteiger partial charge in [-0.3, -0.25) is 0 Å². The van der Waals surface area contributed by atoms with Crippen molar-refractivity contribution in [3.05, 3.63) is 59.7 Å². The van der Waals surface area contributed by atoms with Crippen molar-refractivity contribution in [3.8, 4) is 5.75 Å². The van der Waals surface area contributed by atoms with Crippen LogP contribution in [-0.2, 0) is 6.42 Å². The zero-order valence-corrected chi connectivity index (χ0v) is 12.5. The molecule has 0 saturated heterocycles. The highest BCUT2D eigenvalue weighted by molar-refractivity contribution is 5.58. The van der Waals surface area contributed by atoms with Crippen LogP contribution in [0.3, 0.4) is 0 Å². The number of ether oxygens (including phenoxy) is 1. The van der Waals surface area contributed by atoms with Gasteiger partial charge in [0.15, 0.2) is 0 Å². The first-order valence-electron chi connectivity index (χ1n) is 7.18. The zero-order chi connectivity index (χ0) is 14.4. The topological polar surface area (TPSA) is 21.3 Å². The molecule has 0 radical (unpaired) electrons. The predicted molar refractivity (Wildman–Crippen MR) is 85.6 cm³/mol. The Labute approximate surface area is 121 Å². The summed E-state index contributed by atoms with van der Waals surface area (Å²) in [5.41, 5.74) is 3.64. The van der Waals surface area contributed by atoms with E-state index in [1.165, 1.54) is 11.1 Å². The molecule has 2 aromatic carbocycles. The number of aryl methyl sites for hydroxylation is 1. The fourth-order valence-corrected chi connectivity index (χ4v) is 2.33. The second-order valence-corrected chi connectivity index (χ2v) is 5.14. The van der Waals surface area contributed by atoms with Crippen molar-refractivity contribution in [2.24, 2.45) is 0 Å². The van der Waals surface area contributed by atoms with Crippen LogP contribution in [0.25, 0.3) is 0 Å². The van der Waals surface area contributed by atoms with E-state index in [0.29, 0.717) is 6.04 Å². The van der Waals surface area contributed by atoms with Gasteiger partial charge in [0.25, 0.3) is 0 Å². The van der Waals surface area contributed by atoms with E-state index in [9.17, 15) is 0 Å². The highest BCUT2D eigenvalue weighted by Crippen LogP contribution is 2.26. The Morgan fingerprint density at radius 2 is 1.85 bits per heavy atom. The monoisotopic (exact) mass is 269 g/mol. The Kier molecular flexibility index (Phi) is 5.05. The van der Waals surface area contributed by atoms with Crippen LogP contribution >= 0.6 is 0 Å². The summed E-state index contributed by atoms with van der Waals surface area (Å²) >= 11 is 0. The summed E-state index contributed by atoms with van der Waals surface area (Å²) in [5, 5.41) is 3.60. The van der Waals surface area contributed by atoms with Gasteiger partial charge >= 0.3 is 0 Å². The van der Waals surface area contributed by atoms with Crippen molar-refractivity contribution >= 4 is 5.69 Å². The zero-order valence-electron chi connectivity index (χ0n) is 12.5. The number of methoxy groups -OCH3 is 1. The summed E-state index contributed by atoms with van der Waals surface area (Å²) in [6.45, 7) is 4.29. The maximum Gasteiger partial charge on any atom is 0.142 e. The SMILES string of the molecule is CCC(Cc1ccccc1)Nc1ccc(C)cc1OC. The third-order valence-corrected chi connectivity index (χ3v) is 3.53. The third-order valence-electron chi connectivity index (χ3n) is 3.53. The summed E-state index contributed by atoms with van der Waals surface area (Å²) in [6, 6.07) is 17.3. The van der Waals surface area contributed by atoms with Crippen LogP contribution in [0.4, 0.5) is 5.69 Å². The molecule has 1 atom stereocenters. The third kappa shape index (κ3) is 3.77. The molecule has 106 valence electrons. The molecule has 2 nitrogen and oxygen atoms in total. The van der Waals surface area contributed by atoms with E-state index in [-0.39, 0.29) is 0 Å². The Morgan fingerprint density at radius 1 is 1.10 bits per heavy atom. The van der Waals surface area contributed by atoms with Crippen molar-refractivity contribution in [3.63, 3.8) is 0 Å². The maximum absolute atomic E-state index is 5.46. The number of hydrogen-bond donors (Lipinski definition) is 1. The van der Waals surface area contributed by atoms with E-state index < -0.39 is 0 Å². The van der Waals surface area contributed by atoms with E-state index in [2.05, 4.69) is 67.7 Å². The highest BCUT2D eigenvalue weighted by atomic mass is 16.5. The molecular formula is C18H23NO. The average molecular weight is 269 g/mol. The summed E-state index contributed by atoms with van der Waals surface area (Å²) in [4.78, 5) is 0. The molecule has 1 unspecified atom stereocenters. The number of hydrogen-bond acceptors (Lipinski definition) is 2. The molecule has 0 aromatic heterocycles. The van der Waals surface area contributed by atoms with Crippen molar-refractivity contribution in [2.75, 3.05) is 12.4 Å². The molecule has 0 aliphatic heterocycles. The second kappa shape index (κ2) is 6.99. The molecule has 20 heavy (non-hydrogen) atoms. The van der Waals surface area contributed by atoms with E-state index in [1.807, 2.05) is 0 Å². The van der Waals surface area contributed by atoms with Gasteiger partial charge in [-0.25, -0.2) is 0 Å². The average Bonchev–Trinajstić information content (AvgIpc) is 2.49. The fourth-order valence-electron chi connectivity index (χ4n) is 2.33. The molecule has 0 heterocycles. The smallest absolute Gasteiger partial charge is 0.142 e. The van der Waals surface area contributed by atoms with Gasteiger partial charge in [0.05, 0.1) is 12.8 Å². The second-order valence-electron chi connectivity index (χ2n) is 5.14. The van der Waals surface area contributed by atoms with Gasteiger partial charge in [-0.1, -0.05) is 43.3 Å². The van der Waals surface area contributed by atoms with Gasteiger partial charge in [0.2, 0.25) is 0 Å². The number of rotatable bonds is 6. The molecular weight excluding hydrogens is 246 g/mol. The Balaban J connectivity index is 2.10. The molecule has 0 amide bonds. The lowest BCUT2D eigenvalue weighted by Crippen LogP contribution is -2.21. The van der Waals surface area contributed by atoms with Gasteiger partial charge in [-0.15, -0.1) is 0 Å². The normalized spacial score (nSPS) is 11.9. The molecule has 0 aliphatic rings. The lowest BCUT2D eigenvalue weighted by atomic mass is 10.0. The molecule has 2 heteroatoms. The molecule has 2 rings (SSSR count). The van der Waals surface area contributed by atoms with Crippen LogP contribution in [-0.4, -0.2) is 13.2 Å². The van der Waals surface area contributed by atoms with Gasteiger partial charge in [0.1, 0.15) is 5.75 Å². The maximum atomic E-state index is 5.46. The predicted octanol–water partition coefficient (Wildman–Crippen LogP) is 4.44. The molecule has 1 N–H and O–H groups in total. The van der Waals surface area contributed by atoms with Crippen LogP contribution in [0.15, 0.2) is 48.5 Å². The number of anilines is 1. The van der Waals surface area contributed by atoms with Gasteiger partial charge in [0, 0.05) is 6.04 Å². The Hall–Kier alpha value is -1.96. The Morgan fingerprint density at radius 3 is 2.50 bits per heavy atom. The van der Waals surface area contributed by atoms with E-state index in [4.69, 9.17) is 4.74 Å². The van der Waals surface area contributed by atoms with E-state index in [0.717, 1.165) is 24.3 Å². The number of nitrogens with one attached hydrogen (secondary N) is 1. The molecule has 0 bridgehead atoms. The quantitative estimate of drug-likeness (QED) is 0.837. The van der Waals surface area contributed by atoms with Gasteiger partial charge < -0.3 is 10.1 Å². The molecule has 0 saturated carbocycles. The van der Waals surface area contributed by atoms with Crippen molar-refractivity contribution in [1.82, 2.24) is 0 Å². The molecule has 0 fully saturated rings. The minimum atomic E-state index is 0.411. The van der Waals surface area contributed by atoms with E-state index >= 15 is 0 Å². The molecule has 0 aliphatic carbocycles. The Bertz CT molecular complexity index is 536. The minimum absolute atomic E-state index is 0.411. The summed E-state index contributed by atoms with van der Waals surface area (Å²) in [6.07, 6.45) is 2.10. The first kappa shape index (κ1) is 14.4. The van der Waals surface area contributed by atoms with Gasteiger partial charge in [-0.2, -0.15) is 0 Å². The summed E-state index contributed by atoms with van der Waals surface area (Å²) < 4.78 is 5.46. The standard InChI is InChI=1S/C18H23NO/c1-4-16(13-15-8-6-5-7-9-15)19-17-11-10-14(2)12-18(17)20-3/h5-12,16,19H,4,13H2,1-3H3. The van der Waals surface area contributed by atoms with Crippen LogP contribution in [0.2, 0.25) is 0 Å². The lowest BCUT2D eigenvalue weighted by Gasteiger charge is -2.20. The van der Waals surface area contributed by atoms with Crippen molar-refractivity contribution < 1.29 is 4.74 Å². The fraction of sp³-hybridized carbons (Fsp3) is 0.333. The van der Waals surface area contributed by atoms with Crippen molar-refractivity contribution in [1.29, 1.82) is 0 Å². The van der Waals surface area contributed by atoms with Gasteiger partial charge in [-0.05, 0) is 43.0 Å². The highest BCUT2D eigenvalue weighted by Gasteiger charge is 2.10. The van der Waals surface area contributed by atoms with Crippen molar-refractivity contribution in [2.45, 2.75) is 32.7 Å². The summed E-state index contributed by atoms with van der Waals surface area (Å²) in [5.74, 6) is 0.913. The lowest BCUT2D eigenvalue weighted by molar-refractivity contribution is 0.415. The molecule has 2 aromatic rings. The first-order valence-corrected chi connectivity index (χ1v) is 7.18. The number of benzene rings is 2. The largest absolute Gasteiger partial charge is 0.495 e. The molecule has 0 spiro atoms. The van der Waals surface area contributed by atoms with Crippen LogP contribution in [0, 0.1) is 6.92 Å².